The third-order valence-electron chi connectivity index (χ3n) is 5.16. The Balaban J connectivity index is 1.57. The second-order valence-corrected chi connectivity index (χ2v) is 7.52. The molecule has 1 heterocycles. The lowest BCUT2D eigenvalue weighted by atomic mass is 10.1. The highest BCUT2D eigenvalue weighted by Gasteiger charge is 2.12. The van der Waals surface area contributed by atoms with E-state index in [1.54, 1.807) is 0 Å². The Hall–Kier alpha value is -3.10. The van der Waals surface area contributed by atoms with E-state index in [1.165, 1.54) is 27.4 Å². The molecule has 28 heavy (non-hydrogen) atoms. The fourth-order valence-electron chi connectivity index (χ4n) is 3.74. The van der Waals surface area contributed by atoms with Crippen LogP contribution in [-0.4, -0.2) is 9.55 Å². The fraction of sp³-hybridized carbons (Fsp3) is 0.0800. The lowest BCUT2D eigenvalue weighted by molar-refractivity contribution is 0.763. The Bertz CT molecular complexity index is 1270. The van der Waals surface area contributed by atoms with Crippen LogP contribution in [0.15, 0.2) is 91.0 Å². The summed E-state index contributed by atoms with van der Waals surface area (Å²) >= 11 is 6.04. The van der Waals surface area contributed by atoms with E-state index < -0.39 is 0 Å². The van der Waals surface area contributed by atoms with E-state index in [1.807, 2.05) is 18.2 Å². The molecule has 1 aromatic heterocycles. The topological polar surface area (TPSA) is 17.8 Å². The van der Waals surface area contributed by atoms with Gasteiger partial charge in [0.05, 0.1) is 11.0 Å². The first-order chi connectivity index (χ1) is 13.8. The van der Waals surface area contributed by atoms with Gasteiger partial charge in [0.25, 0.3) is 0 Å². The van der Waals surface area contributed by atoms with Gasteiger partial charge >= 0.3 is 0 Å². The molecule has 0 unspecified atom stereocenters. The predicted molar refractivity (Wildman–Crippen MR) is 117 cm³/mol. The monoisotopic (exact) mass is 382 g/mol. The maximum absolute atomic E-state index is 6.04. The average Bonchev–Trinajstić information content (AvgIpc) is 3.07. The van der Waals surface area contributed by atoms with Crippen molar-refractivity contribution in [3.8, 4) is 0 Å². The molecule has 0 saturated heterocycles. The number of fused-ring (bicyclic) bond motifs is 2. The van der Waals surface area contributed by atoms with E-state index in [0.29, 0.717) is 0 Å². The molecule has 0 amide bonds. The number of rotatable bonds is 4. The molecule has 4 aromatic carbocycles. The minimum atomic E-state index is 0.758. The van der Waals surface area contributed by atoms with Crippen LogP contribution in [0.3, 0.4) is 0 Å². The van der Waals surface area contributed by atoms with E-state index in [0.717, 1.165) is 29.3 Å². The summed E-state index contributed by atoms with van der Waals surface area (Å²) < 4.78 is 2.33. The highest BCUT2D eigenvalue weighted by molar-refractivity contribution is 6.30. The molecule has 5 rings (SSSR count). The van der Waals surface area contributed by atoms with Gasteiger partial charge in [0.1, 0.15) is 5.82 Å². The van der Waals surface area contributed by atoms with E-state index >= 15 is 0 Å². The van der Waals surface area contributed by atoms with Crippen molar-refractivity contribution in [1.82, 2.24) is 9.55 Å². The van der Waals surface area contributed by atoms with E-state index in [9.17, 15) is 0 Å². The van der Waals surface area contributed by atoms with Gasteiger partial charge in [0.2, 0.25) is 0 Å². The quantitative estimate of drug-likeness (QED) is 0.347. The zero-order chi connectivity index (χ0) is 18.9. The van der Waals surface area contributed by atoms with Crippen molar-refractivity contribution >= 4 is 33.4 Å². The summed E-state index contributed by atoms with van der Waals surface area (Å²) in [5.74, 6) is 1.07. The Morgan fingerprint density at radius 3 is 2.29 bits per heavy atom. The molecule has 0 bridgehead atoms. The Kier molecular flexibility index (Phi) is 4.34. The largest absolute Gasteiger partial charge is 0.323 e. The Morgan fingerprint density at radius 2 is 1.43 bits per heavy atom. The molecule has 0 radical (unpaired) electrons. The van der Waals surface area contributed by atoms with Gasteiger partial charge < -0.3 is 4.57 Å². The molecule has 136 valence electrons. The van der Waals surface area contributed by atoms with Crippen LogP contribution in [-0.2, 0) is 13.0 Å². The molecular weight excluding hydrogens is 364 g/mol. The van der Waals surface area contributed by atoms with Crippen molar-refractivity contribution in [2.45, 2.75) is 13.0 Å². The second-order valence-electron chi connectivity index (χ2n) is 7.09. The Labute approximate surface area is 169 Å². The van der Waals surface area contributed by atoms with Gasteiger partial charge in [-0.1, -0.05) is 72.3 Å². The van der Waals surface area contributed by atoms with E-state index in [-0.39, 0.29) is 0 Å². The summed E-state index contributed by atoms with van der Waals surface area (Å²) in [5.41, 5.74) is 4.69. The molecule has 3 heteroatoms. The highest BCUT2D eigenvalue weighted by Crippen LogP contribution is 2.23. The smallest absolute Gasteiger partial charge is 0.114 e. The number of halogens is 1. The fourth-order valence-corrected chi connectivity index (χ4v) is 3.87. The van der Waals surface area contributed by atoms with E-state index in [4.69, 9.17) is 16.6 Å². The van der Waals surface area contributed by atoms with Gasteiger partial charge in [-0.2, -0.15) is 0 Å². The Morgan fingerprint density at radius 1 is 0.714 bits per heavy atom. The summed E-state index contributed by atoms with van der Waals surface area (Å²) in [6.45, 7) is 0.800. The first-order valence-electron chi connectivity index (χ1n) is 9.42. The van der Waals surface area contributed by atoms with Crippen LogP contribution in [0.1, 0.15) is 17.0 Å². The second kappa shape index (κ2) is 7.14. The minimum absolute atomic E-state index is 0.758. The van der Waals surface area contributed by atoms with Crippen molar-refractivity contribution in [3.63, 3.8) is 0 Å². The van der Waals surface area contributed by atoms with Crippen LogP contribution in [0.4, 0.5) is 0 Å². The first kappa shape index (κ1) is 17.0. The molecule has 5 aromatic rings. The van der Waals surface area contributed by atoms with Crippen molar-refractivity contribution in [2.24, 2.45) is 0 Å². The lowest BCUT2D eigenvalue weighted by Crippen LogP contribution is -2.06. The summed E-state index contributed by atoms with van der Waals surface area (Å²) in [4.78, 5) is 4.92. The van der Waals surface area contributed by atoms with Crippen LogP contribution < -0.4 is 0 Å². The molecule has 0 atom stereocenters. The predicted octanol–water partition coefficient (Wildman–Crippen LogP) is 6.48. The lowest BCUT2D eigenvalue weighted by Gasteiger charge is -2.11. The van der Waals surface area contributed by atoms with Gasteiger partial charge in [0, 0.05) is 18.0 Å². The normalized spacial score (nSPS) is 11.3. The number of nitrogens with zero attached hydrogens (tertiary/aromatic N) is 2. The van der Waals surface area contributed by atoms with Gasteiger partial charge in [-0.15, -0.1) is 0 Å². The number of hydrogen-bond donors (Lipinski definition) is 0. The molecule has 0 saturated carbocycles. The van der Waals surface area contributed by atoms with Gasteiger partial charge in [0.15, 0.2) is 0 Å². The van der Waals surface area contributed by atoms with Gasteiger partial charge in [-0.25, -0.2) is 4.98 Å². The maximum atomic E-state index is 6.04. The average molecular weight is 383 g/mol. The van der Waals surface area contributed by atoms with Crippen LogP contribution in [0, 0.1) is 0 Å². The number of benzene rings is 4. The molecule has 0 N–H and O–H groups in total. The third kappa shape index (κ3) is 3.28. The highest BCUT2D eigenvalue weighted by atomic mass is 35.5. The number of hydrogen-bond acceptors (Lipinski definition) is 1. The standard InChI is InChI=1S/C25H19ClN2/c26-22-13-10-18(11-14-22)16-25-27-23-7-3-4-8-24(23)28(25)17-19-9-12-20-5-1-2-6-21(20)15-19/h1-15H,16-17H2. The van der Waals surface area contributed by atoms with Gasteiger partial charge in [-0.05, 0) is 52.2 Å². The molecule has 0 fully saturated rings. The molecule has 2 nitrogen and oxygen atoms in total. The van der Waals surface area contributed by atoms with Crippen molar-refractivity contribution in [1.29, 1.82) is 0 Å². The van der Waals surface area contributed by atoms with Crippen molar-refractivity contribution in [2.75, 3.05) is 0 Å². The first-order valence-corrected chi connectivity index (χ1v) is 9.80. The minimum Gasteiger partial charge on any atom is -0.323 e. The van der Waals surface area contributed by atoms with Crippen LogP contribution >= 0.6 is 11.6 Å². The molecule has 0 aliphatic heterocycles. The van der Waals surface area contributed by atoms with E-state index in [2.05, 4.69) is 77.4 Å². The van der Waals surface area contributed by atoms with Gasteiger partial charge in [-0.3, -0.25) is 0 Å². The van der Waals surface area contributed by atoms with Crippen LogP contribution in [0.2, 0.25) is 5.02 Å². The van der Waals surface area contributed by atoms with Crippen LogP contribution in [0.5, 0.6) is 0 Å². The summed E-state index contributed by atoms with van der Waals surface area (Å²) in [7, 11) is 0. The number of aromatic nitrogens is 2. The molecule has 0 spiro atoms. The zero-order valence-corrected chi connectivity index (χ0v) is 16.1. The third-order valence-corrected chi connectivity index (χ3v) is 5.42. The van der Waals surface area contributed by atoms with Crippen molar-refractivity contribution < 1.29 is 0 Å². The number of imidazole rings is 1. The number of para-hydroxylation sites is 2. The summed E-state index contributed by atoms with van der Waals surface area (Å²) in [5, 5.41) is 3.29. The zero-order valence-electron chi connectivity index (χ0n) is 15.3. The maximum Gasteiger partial charge on any atom is 0.114 e. The molecule has 0 aliphatic carbocycles. The SMILES string of the molecule is Clc1ccc(Cc2nc3ccccc3n2Cc2ccc3ccccc3c2)cc1. The molecule has 0 aliphatic rings. The van der Waals surface area contributed by atoms with Crippen molar-refractivity contribution in [3.05, 3.63) is 113 Å². The summed E-state index contributed by atoms with van der Waals surface area (Å²) in [6, 6.07) is 31.5. The molecular formula is C25H19ClN2. The van der Waals surface area contributed by atoms with Crippen LogP contribution in [0.25, 0.3) is 21.8 Å². The summed E-state index contributed by atoms with van der Waals surface area (Å²) in [6.07, 6.45) is 0.777.